The van der Waals surface area contributed by atoms with E-state index in [-0.39, 0.29) is 17.8 Å². The largest absolute Gasteiger partial charge is 0.401 e. The number of halogens is 1. The van der Waals surface area contributed by atoms with Crippen molar-refractivity contribution in [3.63, 3.8) is 0 Å². The number of nitrogens with zero attached hydrogens (tertiary/aromatic N) is 4. The van der Waals surface area contributed by atoms with Gasteiger partial charge in [-0.15, -0.1) is 5.10 Å². The first kappa shape index (κ1) is 16.8. The summed E-state index contributed by atoms with van der Waals surface area (Å²) in [6.07, 6.45) is 5.34. The molecule has 0 aliphatic heterocycles. The van der Waals surface area contributed by atoms with E-state index in [4.69, 9.17) is 16.0 Å². The fourth-order valence-corrected chi connectivity index (χ4v) is 3.64. The van der Waals surface area contributed by atoms with Gasteiger partial charge in [-0.3, -0.25) is 14.8 Å². The quantitative estimate of drug-likeness (QED) is 0.757. The lowest BCUT2D eigenvalue weighted by Crippen LogP contribution is -2.38. The molecule has 1 aliphatic carbocycles. The Hall–Kier alpha value is -2.67. The van der Waals surface area contributed by atoms with Crippen LogP contribution in [0.5, 0.6) is 0 Å². The predicted molar refractivity (Wildman–Crippen MR) is 96.7 cm³/mol. The van der Waals surface area contributed by atoms with Crippen molar-refractivity contribution in [2.24, 2.45) is 7.05 Å². The van der Waals surface area contributed by atoms with Gasteiger partial charge in [0.25, 0.3) is 5.89 Å². The lowest BCUT2D eigenvalue weighted by molar-refractivity contribution is -0.121. The Morgan fingerprint density at radius 3 is 2.58 bits per heavy atom. The van der Waals surface area contributed by atoms with Crippen LogP contribution in [-0.4, -0.2) is 25.9 Å². The number of benzene rings is 1. The molecule has 0 saturated heterocycles. The Kier molecular flexibility index (Phi) is 4.24. The van der Waals surface area contributed by atoms with E-state index in [0.717, 1.165) is 31.2 Å². The average Bonchev–Trinajstić information content (AvgIpc) is 3.36. The molecule has 1 aliphatic rings. The molecule has 0 radical (unpaired) electrons. The number of aromatic nitrogens is 4. The third kappa shape index (κ3) is 2.99. The number of carbonyl (C=O) groups is 1. The Balaban J connectivity index is 1.58. The van der Waals surface area contributed by atoms with Crippen LogP contribution in [0.2, 0.25) is 5.02 Å². The highest BCUT2D eigenvalue weighted by atomic mass is 35.5. The fourth-order valence-electron chi connectivity index (χ4n) is 3.52. The van der Waals surface area contributed by atoms with Gasteiger partial charge >= 0.3 is 6.01 Å². The molecule has 7 nitrogen and oxygen atoms in total. The molecule has 2 aromatic heterocycles. The maximum absolute atomic E-state index is 13.1. The summed E-state index contributed by atoms with van der Waals surface area (Å²) in [6, 6.07) is 9.31. The highest BCUT2D eigenvalue weighted by Gasteiger charge is 2.43. The SMILES string of the molecule is Cn1ccc(-c2nnc(NC(=O)C3(c4ccc(Cl)cc4)CCCC3)o2)n1. The van der Waals surface area contributed by atoms with Crippen molar-refractivity contribution in [3.05, 3.63) is 47.1 Å². The van der Waals surface area contributed by atoms with E-state index in [0.29, 0.717) is 10.7 Å². The van der Waals surface area contributed by atoms with Gasteiger partial charge in [-0.05, 0) is 36.6 Å². The number of nitrogens with one attached hydrogen (secondary N) is 1. The van der Waals surface area contributed by atoms with Crippen molar-refractivity contribution in [3.8, 4) is 11.6 Å². The predicted octanol–water partition coefficient (Wildman–Crippen LogP) is 3.57. The molecule has 1 amide bonds. The van der Waals surface area contributed by atoms with Crippen LogP contribution in [0.4, 0.5) is 6.01 Å². The maximum Gasteiger partial charge on any atom is 0.322 e. The smallest absolute Gasteiger partial charge is 0.322 e. The minimum absolute atomic E-state index is 0.0795. The van der Waals surface area contributed by atoms with E-state index < -0.39 is 5.41 Å². The standard InChI is InChI=1S/C18H18ClN5O2/c1-24-11-8-14(23-24)15-21-22-17(26-15)20-16(25)18(9-2-3-10-18)12-4-6-13(19)7-5-12/h4-8,11H,2-3,9-10H2,1H3,(H,20,22,25). The fraction of sp³-hybridized carbons (Fsp3) is 0.333. The van der Waals surface area contributed by atoms with Gasteiger partial charge in [0.15, 0.2) is 0 Å². The Morgan fingerprint density at radius 2 is 1.92 bits per heavy atom. The number of anilines is 1. The van der Waals surface area contributed by atoms with E-state index >= 15 is 0 Å². The zero-order valence-electron chi connectivity index (χ0n) is 14.3. The van der Waals surface area contributed by atoms with Crippen molar-refractivity contribution in [1.82, 2.24) is 20.0 Å². The van der Waals surface area contributed by atoms with Crippen molar-refractivity contribution in [1.29, 1.82) is 0 Å². The summed E-state index contributed by atoms with van der Waals surface area (Å²) < 4.78 is 7.21. The van der Waals surface area contributed by atoms with E-state index in [1.54, 1.807) is 24.0 Å². The highest BCUT2D eigenvalue weighted by Crippen LogP contribution is 2.42. The van der Waals surface area contributed by atoms with Gasteiger partial charge in [-0.2, -0.15) is 5.10 Å². The molecule has 1 fully saturated rings. The number of hydrogen-bond donors (Lipinski definition) is 1. The number of hydrogen-bond acceptors (Lipinski definition) is 5. The Morgan fingerprint density at radius 1 is 1.19 bits per heavy atom. The average molecular weight is 372 g/mol. The van der Waals surface area contributed by atoms with Crippen LogP contribution >= 0.6 is 11.6 Å². The molecule has 0 unspecified atom stereocenters. The summed E-state index contributed by atoms with van der Waals surface area (Å²) in [5, 5.41) is 15.6. The molecule has 1 N–H and O–H groups in total. The van der Waals surface area contributed by atoms with Gasteiger partial charge in [0, 0.05) is 18.3 Å². The second-order valence-corrected chi connectivity index (χ2v) is 6.97. The summed E-state index contributed by atoms with van der Waals surface area (Å²) in [5.74, 6) is 0.140. The number of rotatable bonds is 4. The first-order valence-electron chi connectivity index (χ1n) is 8.48. The zero-order chi connectivity index (χ0) is 18.1. The van der Waals surface area contributed by atoms with E-state index in [9.17, 15) is 4.79 Å². The number of amides is 1. The molecule has 8 heteroatoms. The van der Waals surface area contributed by atoms with Crippen molar-refractivity contribution >= 4 is 23.5 Å². The molecule has 4 rings (SSSR count). The van der Waals surface area contributed by atoms with Crippen LogP contribution in [0.25, 0.3) is 11.6 Å². The Labute approximate surface area is 155 Å². The normalized spacial score (nSPS) is 15.9. The number of aryl methyl sites for hydroxylation is 1. The summed E-state index contributed by atoms with van der Waals surface area (Å²) in [6.45, 7) is 0. The zero-order valence-corrected chi connectivity index (χ0v) is 15.0. The summed E-state index contributed by atoms with van der Waals surface area (Å²) in [7, 11) is 1.80. The molecule has 1 saturated carbocycles. The second-order valence-electron chi connectivity index (χ2n) is 6.54. The summed E-state index contributed by atoms with van der Waals surface area (Å²) in [4.78, 5) is 13.1. The van der Waals surface area contributed by atoms with E-state index in [1.807, 2.05) is 24.3 Å². The molecule has 0 atom stereocenters. The number of carbonyl (C=O) groups excluding carboxylic acids is 1. The van der Waals surface area contributed by atoms with Gasteiger partial charge in [-0.25, -0.2) is 0 Å². The van der Waals surface area contributed by atoms with Gasteiger partial charge in [-0.1, -0.05) is 41.7 Å². The molecule has 26 heavy (non-hydrogen) atoms. The van der Waals surface area contributed by atoms with Gasteiger partial charge < -0.3 is 4.42 Å². The molecule has 2 heterocycles. The summed E-state index contributed by atoms with van der Waals surface area (Å²) in [5.41, 5.74) is 0.930. The molecule has 1 aromatic carbocycles. The van der Waals surface area contributed by atoms with Crippen molar-refractivity contribution < 1.29 is 9.21 Å². The van der Waals surface area contributed by atoms with Crippen LogP contribution in [0.3, 0.4) is 0 Å². The monoisotopic (exact) mass is 371 g/mol. The highest BCUT2D eigenvalue weighted by molar-refractivity contribution is 6.30. The van der Waals surface area contributed by atoms with Crippen LogP contribution in [0.1, 0.15) is 31.2 Å². The molecule has 0 bridgehead atoms. The molecule has 134 valence electrons. The second kappa shape index (κ2) is 6.57. The molecule has 0 spiro atoms. The van der Waals surface area contributed by atoms with Crippen LogP contribution in [0.15, 0.2) is 40.9 Å². The van der Waals surface area contributed by atoms with Crippen LogP contribution < -0.4 is 5.32 Å². The van der Waals surface area contributed by atoms with E-state index in [1.165, 1.54) is 0 Å². The lowest BCUT2D eigenvalue weighted by atomic mass is 9.78. The van der Waals surface area contributed by atoms with Crippen LogP contribution in [0, 0.1) is 0 Å². The molecular weight excluding hydrogens is 354 g/mol. The molecular formula is C18H18ClN5O2. The minimum atomic E-state index is -0.593. The van der Waals surface area contributed by atoms with Gasteiger partial charge in [0.05, 0.1) is 5.41 Å². The van der Waals surface area contributed by atoms with Crippen LogP contribution in [-0.2, 0) is 17.3 Å². The summed E-state index contributed by atoms with van der Waals surface area (Å²) >= 11 is 5.99. The first-order valence-corrected chi connectivity index (χ1v) is 8.86. The Bertz CT molecular complexity index is 925. The van der Waals surface area contributed by atoms with Crippen molar-refractivity contribution in [2.75, 3.05) is 5.32 Å². The third-order valence-electron chi connectivity index (χ3n) is 4.87. The van der Waals surface area contributed by atoms with Gasteiger partial charge in [0.1, 0.15) is 5.69 Å². The minimum Gasteiger partial charge on any atom is -0.401 e. The lowest BCUT2D eigenvalue weighted by Gasteiger charge is -2.27. The van der Waals surface area contributed by atoms with E-state index in [2.05, 4.69) is 20.6 Å². The van der Waals surface area contributed by atoms with Crippen molar-refractivity contribution in [2.45, 2.75) is 31.1 Å². The first-order chi connectivity index (χ1) is 12.6. The van der Waals surface area contributed by atoms with Gasteiger partial charge in [0.2, 0.25) is 5.91 Å². The maximum atomic E-state index is 13.1. The molecule has 3 aromatic rings. The topological polar surface area (TPSA) is 85.8 Å². The third-order valence-corrected chi connectivity index (χ3v) is 5.12.